The molecule has 94 valence electrons. The molecule has 17 heavy (non-hydrogen) atoms. The number of carbonyl (C=O) groups is 1. The predicted octanol–water partition coefficient (Wildman–Crippen LogP) is 2.68. The topological polar surface area (TPSA) is 49.3 Å². The number of carbonyl (C=O) groups excluding carboxylic acids is 1. The number of halogens is 2. The summed E-state index contributed by atoms with van der Waals surface area (Å²) in [7, 11) is 0. The highest BCUT2D eigenvalue weighted by Gasteiger charge is 2.14. The van der Waals surface area contributed by atoms with E-state index < -0.39 is 11.7 Å². The van der Waals surface area contributed by atoms with Crippen LogP contribution >= 0.6 is 15.9 Å². The Morgan fingerprint density at radius 1 is 1.53 bits per heavy atom. The SMILES string of the molecule is CC(C)C(Br)CNC(=O)c1ccc(O)cc1F. The molecule has 0 heterocycles. The van der Waals surface area contributed by atoms with Crippen LogP contribution < -0.4 is 5.32 Å². The van der Waals surface area contributed by atoms with Gasteiger partial charge in [-0.15, -0.1) is 0 Å². The van der Waals surface area contributed by atoms with Crippen molar-refractivity contribution in [1.82, 2.24) is 5.32 Å². The summed E-state index contributed by atoms with van der Waals surface area (Å²) in [5.41, 5.74) is -0.0637. The van der Waals surface area contributed by atoms with E-state index in [1.807, 2.05) is 13.8 Å². The van der Waals surface area contributed by atoms with E-state index in [0.717, 1.165) is 6.07 Å². The normalized spacial score (nSPS) is 12.5. The molecule has 1 atom stereocenters. The minimum atomic E-state index is -0.724. The van der Waals surface area contributed by atoms with E-state index >= 15 is 0 Å². The summed E-state index contributed by atoms with van der Waals surface area (Å²) in [5.74, 6) is -1.02. The second-order valence-corrected chi connectivity index (χ2v) is 5.31. The maximum absolute atomic E-state index is 13.4. The van der Waals surface area contributed by atoms with Crippen molar-refractivity contribution in [2.45, 2.75) is 18.7 Å². The van der Waals surface area contributed by atoms with Crippen LogP contribution in [0.15, 0.2) is 18.2 Å². The Morgan fingerprint density at radius 3 is 2.71 bits per heavy atom. The van der Waals surface area contributed by atoms with Gasteiger partial charge in [-0.25, -0.2) is 4.39 Å². The van der Waals surface area contributed by atoms with Gasteiger partial charge >= 0.3 is 0 Å². The zero-order valence-corrected chi connectivity index (χ0v) is 11.3. The Labute approximate surface area is 108 Å². The lowest BCUT2D eigenvalue weighted by Gasteiger charge is -2.14. The highest BCUT2D eigenvalue weighted by Crippen LogP contribution is 2.15. The Bertz CT molecular complexity index is 409. The molecule has 0 aliphatic rings. The molecular formula is C12H15BrFNO2. The van der Waals surface area contributed by atoms with Gasteiger partial charge in [0.2, 0.25) is 0 Å². The van der Waals surface area contributed by atoms with Crippen molar-refractivity contribution < 1.29 is 14.3 Å². The number of benzene rings is 1. The van der Waals surface area contributed by atoms with Gasteiger partial charge in [0.25, 0.3) is 5.91 Å². The molecule has 1 unspecified atom stereocenters. The largest absolute Gasteiger partial charge is 0.508 e. The van der Waals surface area contributed by atoms with Crippen LogP contribution in [-0.4, -0.2) is 22.4 Å². The second kappa shape index (κ2) is 6.00. The van der Waals surface area contributed by atoms with Crippen molar-refractivity contribution >= 4 is 21.8 Å². The van der Waals surface area contributed by atoms with Crippen LogP contribution in [0.5, 0.6) is 5.75 Å². The van der Waals surface area contributed by atoms with E-state index in [-0.39, 0.29) is 16.1 Å². The molecule has 5 heteroatoms. The van der Waals surface area contributed by atoms with Crippen molar-refractivity contribution in [1.29, 1.82) is 0 Å². The van der Waals surface area contributed by atoms with Crippen LogP contribution in [0, 0.1) is 11.7 Å². The van der Waals surface area contributed by atoms with Gasteiger partial charge in [0.15, 0.2) is 0 Å². The molecule has 0 aliphatic carbocycles. The van der Waals surface area contributed by atoms with Gasteiger partial charge in [-0.05, 0) is 18.1 Å². The summed E-state index contributed by atoms with van der Waals surface area (Å²) >= 11 is 3.42. The lowest BCUT2D eigenvalue weighted by Crippen LogP contribution is -2.32. The van der Waals surface area contributed by atoms with Crippen LogP contribution in [0.4, 0.5) is 4.39 Å². The summed E-state index contributed by atoms with van der Waals surface area (Å²) in [4.78, 5) is 11.8. The number of phenolic OH excluding ortho intramolecular Hbond substituents is 1. The molecule has 0 saturated heterocycles. The van der Waals surface area contributed by atoms with Gasteiger partial charge in [0.1, 0.15) is 11.6 Å². The van der Waals surface area contributed by atoms with Gasteiger partial charge < -0.3 is 10.4 Å². The average Bonchev–Trinajstić information content (AvgIpc) is 2.25. The Hall–Kier alpha value is -1.10. The van der Waals surface area contributed by atoms with Gasteiger partial charge in [-0.2, -0.15) is 0 Å². The molecule has 0 spiro atoms. The number of nitrogens with one attached hydrogen (secondary N) is 1. The summed E-state index contributed by atoms with van der Waals surface area (Å²) in [6.45, 7) is 4.47. The molecule has 0 saturated carbocycles. The molecule has 3 nitrogen and oxygen atoms in total. The summed E-state index contributed by atoms with van der Waals surface area (Å²) in [6, 6.07) is 3.47. The second-order valence-electron chi connectivity index (χ2n) is 4.13. The summed E-state index contributed by atoms with van der Waals surface area (Å²) in [6.07, 6.45) is 0. The summed E-state index contributed by atoms with van der Waals surface area (Å²) in [5, 5.41) is 11.7. The molecule has 1 amide bonds. The standard InChI is InChI=1S/C12H15BrFNO2/c1-7(2)10(13)6-15-12(17)9-4-3-8(16)5-11(9)14/h3-5,7,10,16H,6H2,1-2H3,(H,15,17). The predicted molar refractivity (Wildman–Crippen MR) is 68.0 cm³/mol. The number of rotatable bonds is 4. The summed E-state index contributed by atoms with van der Waals surface area (Å²) < 4.78 is 13.4. The maximum Gasteiger partial charge on any atom is 0.254 e. The first-order valence-electron chi connectivity index (χ1n) is 5.32. The van der Waals surface area contributed by atoms with Crippen LogP contribution in [0.1, 0.15) is 24.2 Å². The molecule has 1 rings (SSSR count). The first kappa shape index (κ1) is 14.0. The monoisotopic (exact) mass is 303 g/mol. The van der Waals surface area contributed by atoms with E-state index in [9.17, 15) is 9.18 Å². The zero-order chi connectivity index (χ0) is 13.0. The first-order valence-corrected chi connectivity index (χ1v) is 6.24. The Morgan fingerprint density at radius 2 is 2.18 bits per heavy atom. The number of hydrogen-bond donors (Lipinski definition) is 2. The minimum absolute atomic E-state index is 0.0637. The maximum atomic E-state index is 13.4. The molecule has 1 aromatic carbocycles. The molecule has 0 bridgehead atoms. The smallest absolute Gasteiger partial charge is 0.254 e. The van der Waals surface area contributed by atoms with E-state index in [0.29, 0.717) is 12.5 Å². The third kappa shape index (κ3) is 4.00. The Kier molecular flexibility index (Phi) is 4.93. The van der Waals surface area contributed by atoms with Crippen molar-refractivity contribution in [2.24, 2.45) is 5.92 Å². The fraction of sp³-hybridized carbons (Fsp3) is 0.417. The molecule has 0 fully saturated rings. The average molecular weight is 304 g/mol. The molecule has 0 radical (unpaired) electrons. The van der Waals surface area contributed by atoms with E-state index in [1.165, 1.54) is 12.1 Å². The van der Waals surface area contributed by atoms with Crippen molar-refractivity contribution in [3.63, 3.8) is 0 Å². The highest BCUT2D eigenvalue weighted by atomic mass is 79.9. The fourth-order valence-electron chi connectivity index (χ4n) is 1.21. The fourth-order valence-corrected chi connectivity index (χ4v) is 1.37. The molecule has 0 aromatic heterocycles. The lowest BCUT2D eigenvalue weighted by molar-refractivity contribution is 0.0949. The number of hydrogen-bond acceptors (Lipinski definition) is 2. The molecule has 0 aliphatic heterocycles. The molecular weight excluding hydrogens is 289 g/mol. The van der Waals surface area contributed by atoms with Crippen molar-refractivity contribution in [3.05, 3.63) is 29.6 Å². The van der Waals surface area contributed by atoms with Gasteiger partial charge in [0, 0.05) is 17.4 Å². The van der Waals surface area contributed by atoms with Crippen molar-refractivity contribution in [3.8, 4) is 5.75 Å². The van der Waals surface area contributed by atoms with Crippen LogP contribution in [0.2, 0.25) is 0 Å². The van der Waals surface area contributed by atoms with Crippen LogP contribution in [0.25, 0.3) is 0 Å². The first-order chi connectivity index (χ1) is 7.91. The third-order valence-electron chi connectivity index (χ3n) is 2.38. The highest BCUT2D eigenvalue weighted by molar-refractivity contribution is 9.09. The quantitative estimate of drug-likeness (QED) is 0.840. The van der Waals surface area contributed by atoms with E-state index in [2.05, 4.69) is 21.2 Å². The molecule has 1 aromatic rings. The van der Waals surface area contributed by atoms with Crippen LogP contribution in [-0.2, 0) is 0 Å². The number of amides is 1. The Balaban J connectivity index is 2.64. The van der Waals surface area contributed by atoms with E-state index in [1.54, 1.807) is 0 Å². The van der Waals surface area contributed by atoms with E-state index in [4.69, 9.17) is 5.11 Å². The van der Waals surface area contributed by atoms with Gasteiger partial charge in [0.05, 0.1) is 5.56 Å². The number of phenols is 1. The minimum Gasteiger partial charge on any atom is -0.508 e. The van der Waals surface area contributed by atoms with Crippen molar-refractivity contribution in [2.75, 3.05) is 6.54 Å². The zero-order valence-electron chi connectivity index (χ0n) is 9.71. The lowest BCUT2D eigenvalue weighted by atomic mass is 10.1. The number of alkyl halides is 1. The third-order valence-corrected chi connectivity index (χ3v) is 3.76. The van der Waals surface area contributed by atoms with Crippen LogP contribution in [0.3, 0.4) is 0 Å². The molecule has 2 N–H and O–H groups in total. The van der Waals surface area contributed by atoms with Gasteiger partial charge in [-0.1, -0.05) is 29.8 Å². The number of aromatic hydroxyl groups is 1. The van der Waals surface area contributed by atoms with Gasteiger partial charge in [-0.3, -0.25) is 4.79 Å².